The number of hydrogen-bond donors (Lipinski definition) is 2. The molecule has 0 spiro atoms. The largest absolute Gasteiger partial charge is 0.357 e. The van der Waals surface area contributed by atoms with Crippen LogP contribution >= 0.6 is 24.0 Å². The molecule has 0 radical (unpaired) electrons. The van der Waals surface area contributed by atoms with Gasteiger partial charge in [0.2, 0.25) is 11.8 Å². The summed E-state index contributed by atoms with van der Waals surface area (Å²) in [6, 6.07) is 0. The van der Waals surface area contributed by atoms with Crippen LogP contribution in [-0.4, -0.2) is 73.9 Å². The summed E-state index contributed by atoms with van der Waals surface area (Å²) in [4.78, 5) is 31.7. The van der Waals surface area contributed by atoms with Crippen LogP contribution in [0.25, 0.3) is 0 Å². The van der Waals surface area contributed by atoms with Crippen LogP contribution in [0.5, 0.6) is 0 Å². The first-order valence-electron chi connectivity index (χ1n) is 8.42. The van der Waals surface area contributed by atoms with Gasteiger partial charge in [0.1, 0.15) is 0 Å². The van der Waals surface area contributed by atoms with E-state index in [9.17, 15) is 9.59 Å². The Kier molecular flexibility index (Phi) is 15.0. The Morgan fingerprint density at radius 3 is 2.12 bits per heavy atom. The first-order valence-corrected chi connectivity index (χ1v) is 8.42. The Morgan fingerprint density at radius 1 is 1.08 bits per heavy atom. The van der Waals surface area contributed by atoms with Crippen LogP contribution in [0.15, 0.2) is 4.99 Å². The minimum Gasteiger partial charge on any atom is -0.357 e. The first-order chi connectivity index (χ1) is 10.9. The van der Waals surface area contributed by atoms with Crippen LogP contribution < -0.4 is 10.6 Å². The number of rotatable bonds is 9. The number of nitrogens with zero attached hydrogens (tertiary/aromatic N) is 3. The maximum absolute atomic E-state index is 12.2. The summed E-state index contributed by atoms with van der Waals surface area (Å²) in [6.07, 6.45) is 0. The molecule has 0 saturated heterocycles. The van der Waals surface area contributed by atoms with Gasteiger partial charge in [0, 0.05) is 39.1 Å². The monoisotopic (exact) mass is 455 g/mol. The molecule has 8 heteroatoms. The third-order valence-corrected chi connectivity index (χ3v) is 3.38. The number of aliphatic imine (C=N–C) groups is 1. The zero-order valence-electron chi connectivity index (χ0n) is 15.9. The maximum Gasteiger partial charge on any atom is 0.242 e. The predicted molar refractivity (Wildman–Crippen MR) is 110 cm³/mol. The highest BCUT2D eigenvalue weighted by Crippen LogP contribution is 1.94. The van der Waals surface area contributed by atoms with E-state index in [1.54, 1.807) is 4.90 Å². The van der Waals surface area contributed by atoms with Crippen LogP contribution in [-0.2, 0) is 9.59 Å². The molecule has 2 N–H and O–H groups in total. The topological polar surface area (TPSA) is 77.0 Å². The molecule has 0 bridgehead atoms. The van der Waals surface area contributed by atoms with Gasteiger partial charge in [0.05, 0.1) is 13.1 Å². The third-order valence-electron chi connectivity index (χ3n) is 3.38. The molecule has 0 saturated carbocycles. The average molecular weight is 455 g/mol. The smallest absolute Gasteiger partial charge is 0.242 e. The van der Waals surface area contributed by atoms with E-state index in [1.165, 1.54) is 0 Å². The van der Waals surface area contributed by atoms with E-state index in [0.29, 0.717) is 32.1 Å². The SMILES string of the molecule is CCNC(=NCCNC(=O)C(C)C)N(C)CC(=O)N(CC)CC.I. The molecule has 0 aliphatic heterocycles. The Hall–Kier alpha value is -1.06. The zero-order valence-corrected chi connectivity index (χ0v) is 18.2. The van der Waals surface area contributed by atoms with Crippen molar-refractivity contribution in [1.82, 2.24) is 20.4 Å². The van der Waals surface area contributed by atoms with Crippen molar-refractivity contribution in [2.75, 3.05) is 46.3 Å². The molecule has 0 aromatic heterocycles. The van der Waals surface area contributed by atoms with E-state index in [4.69, 9.17) is 0 Å². The summed E-state index contributed by atoms with van der Waals surface area (Å²) in [5, 5.41) is 5.99. The number of carbonyl (C=O) groups excluding carboxylic acids is 2. The summed E-state index contributed by atoms with van der Waals surface area (Å²) < 4.78 is 0. The Bertz CT molecular complexity index is 398. The number of halogens is 1. The van der Waals surface area contributed by atoms with E-state index in [2.05, 4.69) is 15.6 Å². The van der Waals surface area contributed by atoms with Crippen LogP contribution in [0.2, 0.25) is 0 Å². The Labute approximate surface area is 163 Å². The van der Waals surface area contributed by atoms with Crippen molar-refractivity contribution in [1.29, 1.82) is 0 Å². The molecule has 0 heterocycles. The molecule has 0 aliphatic rings. The van der Waals surface area contributed by atoms with Gasteiger partial charge in [-0.15, -0.1) is 24.0 Å². The van der Waals surface area contributed by atoms with Crippen LogP contribution in [0.4, 0.5) is 0 Å². The molecule has 0 aliphatic carbocycles. The second-order valence-corrected chi connectivity index (χ2v) is 5.60. The van der Waals surface area contributed by atoms with Gasteiger partial charge in [-0.05, 0) is 20.8 Å². The van der Waals surface area contributed by atoms with E-state index >= 15 is 0 Å². The van der Waals surface area contributed by atoms with Crippen molar-refractivity contribution in [3.8, 4) is 0 Å². The summed E-state index contributed by atoms with van der Waals surface area (Å²) in [5.74, 6) is 0.750. The van der Waals surface area contributed by atoms with Crippen molar-refractivity contribution >= 4 is 41.8 Å². The highest BCUT2D eigenvalue weighted by molar-refractivity contribution is 14.0. The molecule has 142 valence electrons. The fraction of sp³-hybridized carbons (Fsp3) is 0.812. The highest BCUT2D eigenvalue weighted by atomic mass is 127. The van der Waals surface area contributed by atoms with Crippen molar-refractivity contribution in [3.63, 3.8) is 0 Å². The number of guanidine groups is 1. The minimum atomic E-state index is -0.0263. The molecule has 0 unspecified atom stereocenters. The van der Waals surface area contributed by atoms with E-state index in [-0.39, 0.29) is 48.3 Å². The van der Waals surface area contributed by atoms with Gasteiger partial charge in [-0.2, -0.15) is 0 Å². The van der Waals surface area contributed by atoms with E-state index in [1.807, 2.05) is 46.6 Å². The van der Waals surface area contributed by atoms with E-state index < -0.39 is 0 Å². The molecule has 7 nitrogen and oxygen atoms in total. The summed E-state index contributed by atoms with van der Waals surface area (Å²) >= 11 is 0. The number of nitrogens with one attached hydrogen (secondary N) is 2. The van der Waals surface area contributed by atoms with Gasteiger partial charge in [-0.3, -0.25) is 14.6 Å². The van der Waals surface area contributed by atoms with E-state index in [0.717, 1.165) is 6.54 Å². The van der Waals surface area contributed by atoms with Gasteiger partial charge in [-0.25, -0.2) is 0 Å². The van der Waals surface area contributed by atoms with Crippen molar-refractivity contribution in [2.45, 2.75) is 34.6 Å². The number of carbonyl (C=O) groups is 2. The lowest BCUT2D eigenvalue weighted by atomic mass is 10.2. The standard InChI is InChI=1S/C16H33N5O2.HI/c1-7-17-16(19-11-10-18-15(23)13(4)5)20(6)12-14(22)21(8-2)9-3;/h13H,7-12H2,1-6H3,(H,17,19)(H,18,23);1H. The summed E-state index contributed by atoms with van der Waals surface area (Å²) in [7, 11) is 1.84. The molecule has 0 atom stereocenters. The number of hydrogen-bond acceptors (Lipinski definition) is 3. The molecule has 0 rings (SSSR count). The second kappa shape index (κ2) is 14.3. The lowest BCUT2D eigenvalue weighted by Crippen LogP contribution is -2.46. The van der Waals surface area contributed by atoms with Crippen LogP contribution in [0.3, 0.4) is 0 Å². The van der Waals surface area contributed by atoms with Crippen molar-refractivity contribution in [3.05, 3.63) is 0 Å². The maximum atomic E-state index is 12.2. The second-order valence-electron chi connectivity index (χ2n) is 5.60. The summed E-state index contributed by atoms with van der Waals surface area (Å²) in [5.41, 5.74) is 0. The van der Waals surface area contributed by atoms with Crippen LogP contribution in [0.1, 0.15) is 34.6 Å². The van der Waals surface area contributed by atoms with Gasteiger partial charge < -0.3 is 20.4 Å². The lowest BCUT2D eigenvalue weighted by molar-refractivity contribution is -0.131. The highest BCUT2D eigenvalue weighted by Gasteiger charge is 2.14. The van der Waals surface area contributed by atoms with Crippen molar-refractivity contribution < 1.29 is 9.59 Å². The lowest BCUT2D eigenvalue weighted by Gasteiger charge is -2.25. The molecule has 0 aromatic carbocycles. The normalized spacial score (nSPS) is 10.9. The molecule has 24 heavy (non-hydrogen) atoms. The molecular weight excluding hydrogens is 421 g/mol. The summed E-state index contributed by atoms with van der Waals surface area (Å²) in [6.45, 7) is 13.0. The fourth-order valence-electron chi connectivity index (χ4n) is 1.97. The third kappa shape index (κ3) is 9.94. The predicted octanol–water partition coefficient (Wildman–Crippen LogP) is 1.14. The van der Waals surface area contributed by atoms with Gasteiger partial charge in [-0.1, -0.05) is 13.8 Å². The number of amides is 2. The molecule has 0 aromatic rings. The van der Waals surface area contributed by atoms with Gasteiger partial charge in [0.25, 0.3) is 0 Å². The molecule has 2 amide bonds. The quantitative estimate of drug-likeness (QED) is 0.237. The minimum absolute atomic E-state index is 0. The average Bonchev–Trinajstić information content (AvgIpc) is 2.50. The fourth-order valence-corrected chi connectivity index (χ4v) is 1.97. The first kappa shape index (κ1) is 25.2. The molecular formula is C16H34IN5O2. The van der Waals surface area contributed by atoms with Gasteiger partial charge in [0.15, 0.2) is 5.96 Å². The van der Waals surface area contributed by atoms with Gasteiger partial charge >= 0.3 is 0 Å². The number of likely N-dealkylation sites (N-methyl/N-ethyl adjacent to an activating group) is 2. The van der Waals surface area contributed by atoms with Crippen LogP contribution in [0, 0.1) is 5.92 Å². The Balaban J connectivity index is 0. The Morgan fingerprint density at radius 2 is 1.67 bits per heavy atom. The zero-order chi connectivity index (χ0) is 17.8. The van der Waals surface area contributed by atoms with Crippen molar-refractivity contribution in [2.24, 2.45) is 10.9 Å². The molecule has 0 fully saturated rings.